The number of anilines is 1. The lowest BCUT2D eigenvalue weighted by Crippen LogP contribution is -2.30. The topological polar surface area (TPSA) is 50.4 Å². The number of piperidine rings is 1. The highest BCUT2D eigenvalue weighted by Gasteiger charge is 2.22. The van der Waals surface area contributed by atoms with E-state index in [-0.39, 0.29) is 0 Å². The van der Waals surface area contributed by atoms with Crippen molar-refractivity contribution in [1.29, 1.82) is 0 Å². The highest BCUT2D eigenvalue weighted by Crippen LogP contribution is 2.32. The first-order valence-corrected chi connectivity index (χ1v) is 8.57. The Balaban J connectivity index is 2.03. The van der Waals surface area contributed by atoms with Gasteiger partial charge in [0.25, 0.3) is 0 Å². The molecule has 1 amide bonds. The summed E-state index contributed by atoms with van der Waals surface area (Å²) in [6.45, 7) is 12.2. The van der Waals surface area contributed by atoms with Crippen LogP contribution in [0.4, 0.5) is 10.5 Å². The average molecular weight is 318 g/mol. The van der Waals surface area contributed by atoms with Crippen molar-refractivity contribution in [2.24, 2.45) is 5.92 Å². The molecular formula is C19H30N2O2. The summed E-state index contributed by atoms with van der Waals surface area (Å²) < 4.78 is 5.31. The van der Waals surface area contributed by atoms with Crippen molar-refractivity contribution in [2.75, 3.05) is 18.4 Å². The molecule has 0 spiro atoms. The molecule has 1 unspecified atom stereocenters. The van der Waals surface area contributed by atoms with Crippen molar-refractivity contribution in [2.45, 2.75) is 59.0 Å². The molecule has 1 atom stereocenters. The van der Waals surface area contributed by atoms with Crippen molar-refractivity contribution in [1.82, 2.24) is 5.32 Å². The zero-order chi connectivity index (χ0) is 17.0. The molecule has 0 radical (unpaired) electrons. The molecule has 1 aliphatic heterocycles. The largest absolute Gasteiger partial charge is 0.444 e. The van der Waals surface area contributed by atoms with Crippen molar-refractivity contribution < 1.29 is 9.53 Å². The molecule has 128 valence electrons. The maximum Gasteiger partial charge on any atom is 0.412 e. The number of rotatable bonds is 3. The zero-order valence-corrected chi connectivity index (χ0v) is 15.0. The van der Waals surface area contributed by atoms with E-state index in [0.717, 1.165) is 30.3 Å². The van der Waals surface area contributed by atoms with Crippen molar-refractivity contribution >= 4 is 11.8 Å². The molecule has 1 aromatic carbocycles. The lowest BCUT2D eigenvalue weighted by atomic mass is 9.81. The number of amides is 1. The highest BCUT2D eigenvalue weighted by molar-refractivity contribution is 5.85. The summed E-state index contributed by atoms with van der Waals surface area (Å²) in [6, 6.07) is 6.32. The molecule has 0 bridgehead atoms. The van der Waals surface area contributed by atoms with E-state index in [9.17, 15) is 4.79 Å². The van der Waals surface area contributed by atoms with Gasteiger partial charge in [-0.25, -0.2) is 4.79 Å². The Labute approximate surface area is 140 Å². The standard InChI is InChI=1S/C19H30N2O2/c1-13-12-16(14(2)15-8-10-20-11-9-15)6-7-17(13)21-18(22)23-19(3,4)5/h6-7,12,14-15,20H,8-11H2,1-5H3,(H,21,22). The van der Waals surface area contributed by atoms with Crippen molar-refractivity contribution in [3.63, 3.8) is 0 Å². The maximum atomic E-state index is 11.9. The third-order valence-electron chi connectivity index (χ3n) is 4.50. The number of hydrogen-bond donors (Lipinski definition) is 2. The third kappa shape index (κ3) is 5.24. The molecule has 2 N–H and O–H groups in total. The second kappa shape index (κ2) is 7.35. The third-order valence-corrected chi connectivity index (χ3v) is 4.50. The molecule has 0 aliphatic carbocycles. The van der Waals surface area contributed by atoms with Gasteiger partial charge in [0, 0.05) is 5.69 Å². The van der Waals surface area contributed by atoms with Gasteiger partial charge in [-0.1, -0.05) is 19.1 Å². The van der Waals surface area contributed by atoms with Gasteiger partial charge in [0.2, 0.25) is 0 Å². The van der Waals surface area contributed by atoms with Crippen LogP contribution in [0.5, 0.6) is 0 Å². The van der Waals surface area contributed by atoms with Gasteiger partial charge in [0.05, 0.1) is 0 Å². The quantitative estimate of drug-likeness (QED) is 0.866. The normalized spacial score (nSPS) is 17.6. The molecule has 0 saturated carbocycles. The van der Waals surface area contributed by atoms with Crippen LogP contribution in [0.2, 0.25) is 0 Å². The summed E-state index contributed by atoms with van der Waals surface area (Å²) in [6.07, 6.45) is 2.07. The molecule has 1 aliphatic rings. The van der Waals surface area contributed by atoms with E-state index >= 15 is 0 Å². The van der Waals surface area contributed by atoms with Gasteiger partial charge < -0.3 is 10.1 Å². The molecule has 1 heterocycles. The van der Waals surface area contributed by atoms with Gasteiger partial charge in [0.15, 0.2) is 0 Å². The first kappa shape index (κ1) is 17.8. The predicted octanol–water partition coefficient (Wildman–Crippen LogP) is 4.45. The first-order chi connectivity index (χ1) is 10.8. The summed E-state index contributed by atoms with van der Waals surface area (Å²) in [5, 5.41) is 6.26. The van der Waals surface area contributed by atoms with Crippen LogP contribution in [-0.4, -0.2) is 24.8 Å². The van der Waals surface area contributed by atoms with Crippen LogP contribution < -0.4 is 10.6 Å². The SMILES string of the molecule is Cc1cc(C(C)C2CCNCC2)ccc1NC(=O)OC(C)(C)C. The number of carbonyl (C=O) groups excluding carboxylic acids is 1. The monoisotopic (exact) mass is 318 g/mol. The van der Waals surface area contributed by atoms with Crippen LogP contribution in [0.3, 0.4) is 0 Å². The van der Waals surface area contributed by atoms with E-state index in [0.29, 0.717) is 5.92 Å². The zero-order valence-electron chi connectivity index (χ0n) is 15.0. The summed E-state index contributed by atoms with van der Waals surface area (Å²) >= 11 is 0. The summed E-state index contributed by atoms with van der Waals surface area (Å²) in [5.74, 6) is 1.28. The average Bonchev–Trinajstić information content (AvgIpc) is 2.47. The lowest BCUT2D eigenvalue weighted by molar-refractivity contribution is 0.0636. The van der Waals surface area contributed by atoms with Crippen LogP contribution >= 0.6 is 0 Å². The van der Waals surface area contributed by atoms with Gasteiger partial charge in [-0.15, -0.1) is 0 Å². The number of nitrogens with one attached hydrogen (secondary N) is 2. The fourth-order valence-electron chi connectivity index (χ4n) is 3.14. The molecule has 1 aromatic rings. The van der Waals surface area contributed by atoms with Crippen LogP contribution in [-0.2, 0) is 4.74 Å². The predicted molar refractivity (Wildman–Crippen MR) is 95.0 cm³/mol. The number of benzene rings is 1. The molecule has 1 saturated heterocycles. The summed E-state index contributed by atoms with van der Waals surface area (Å²) in [4.78, 5) is 11.9. The van der Waals surface area contributed by atoms with E-state index in [1.165, 1.54) is 18.4 Å². The molecule has 2 rings (SSSR count). The van der Waals surface area contributed by atoms with Gasteiger partial charge in [0.1, 0.15) is 5.60 Å². The minimum atomic E-state index is -0.485. The molecule has 4 nitrogen and oxygen atoms in total. The Hall–Kier alpha value is -1.55. The molecule has 23 heavy (non-hydrogen) atoms. The molecule has 4 heteroatoms. The number of hydrogen-bond acceptors (Lipinski definition) is 3. The van der Waals surface area contributed by atoms with E-state index in [4.69, 9.17) is 4.74 Å². The Kier molecular flexibility index (Phi) is 5.69. The Morgan fingerprint density at radius 2 is 1.96 bits per heavy atom. The number of aryl methyl sites for hydroxylation is 1. The molecule has 1 fully saturated rings. The summed E-state index contributed by atoms with van der Waals surface area (Å²) in [7, 11) is 0. The first-order valence-electron chi connectivity index (χ1n) is 8.57. The lowest BCUT2D eigenvalue weighted by Gasteiger charge is -2.29. The fourth-order valence-corrected chi connectivity index (χ4v) is 3.14. The van der Waals surface area contributed by atoms with Crippen LogP contribution in [0.1, 0.15) is 57.6 Å². The number of ether oxygens (including phenoxy) is 1. The fraction of sp³-hybridized carbons (Fsp3) is 0.632. The smallest absolute Gasteiger partial charge is 0.412 e. The van der Waals surface area contributed by atoms with Crippen LogP contribution in [0, 0.1) is 12.8 Å². The minimum Gasteiger partial charge on any atom is -0.444 e. The van der Waals surface area contributed by atoms with Gasteiger partial charge in [-0.2, -0.15) is 0 Å². The van der Waals surface area contributed by atoms with E-state index < -0.39 is 11.7 Å². The minimum absolute atomic E-state index is 0.403. The second-order valence-corrected chi connectivity index (χ2v) is 7.58. The molecular weight excluding hydrogens is 288 g/mol. The van der Waals surface area contributed by atoms with Crippen molar-refractivity contribution in [3.05, 3.63) is 29.3 Å². The Bertz CT molecular complexity index is 543. The van der Waals surface area contributed by atoms with E-state index in [2.05, 4.69) is 29.7 Å². The summed E-state index contributed by atoms with van der Waals surface area (Å²) in [5.41, 5.74) is 2.76. The van der Waals surface area contributed by atoms with Crippen LogP contribution in [0.15, 0.2) is 18.2 Å². The van der Waals surface area contributed by atoms with Crippen LogP contribution in [0.25, 0.3) is 0 Å². The van der Waals surface area contributed by atoms with E-state index in [1.54, 1.807) is 0 Å². The van der Waals surface area contributed by atoms with Gasteiger partial charge in [-0.3, -0.25) is 5.32 Å². The van der Waals surface area contributed by atoms with E-state index in [1.807, 2.05) is 33.8 Å². The maximum absolute atomic E-state index is 11.9. The Morgan fingerprint density at radius 1 is 1.30 bits per heavy atom. The number of carbonyl (C=O) groups is 1. The highest BCUT2D eigenvalue weighted by atomic mass is 16.6. The second-order valence-electron chi connectivity index (χ2n) is 7.58. The van der Waals surface area contributed by atoms with Gasteiger partial charge >= 0.3 is 6.09 Å². The van der Waals surface area contributed by atoms with Crippen molar-refractivity contribution in [3.8, 4) is 0 Å². The Morgan fingerprint density at radius 3 is 2.52 bits per heavy atom. The van der Waals surface area contributed by atoms with Gasteiger partial charge in [-0.05, 0) is 82.7 Å². The molecule has 0 aromatic heterocycles.